The summed E-state index contributed by atoms with van der Waals surface area (Å²) in [5.74, 6) is 0.461. The summed E-state index contributed by atoms with van der Waals surface area (Å²) in [7, 11) is 0. The van der Waals surface area contributed by atoms with E-state index in [0.29, 0.717) is 24.2 Å². The molecule has 0 amide bonds. The fourth-order valence-corrected chi connectivity index (χ4v) is 3.29. The minimum atomic E-state index is -1.16. The highest BCUT2D eigenvalue weighted by molar-refractivity contribution is 5.85. The van der Waals surface area contributed by atoms with Crippen LogP contribution in [0.1, 0.15) is 43.9 Å². The summed E-state index contributed by atoms with van der Waals surface area (Å²) in [5.41, 5.74) is 0.0872. The third kappa shape index (κ3) is 1.96. The summed E-state index contributed by atoms with van der Waals surface area (Å²) in [4.78, 5) is 11.7. The van der Waals surface area contributed by atoms with Gasteiger partial charge in [-0.3, -0.25) is 0 Å². The highest BCUT2D eigenvalue weighted by atomic mass is 16.5. The zero-order chi connectivity index (χ0) is 16.1. The van der Waals surface area contributed by atoms with Crippen molar-refractivity contribution >= 4 is 11.0 Å². The van der Waals surface area contributed by atoms with E-state index in [4.69, 9.17) is 9.15 Å². The second-order valence-electron chi connectivity index (χ2n) is 5.87. The number of hydrogen-bond donors (Lipinski definition) is 2. The molecule has 1 aromatic heterocycles. The molecule has 22 heavy (non-hydrogen) atoms. The smallest absolute Gasteiger partial charge is 0.336 e. The van der Waals surface area contributed by atoms with Gasteiger partial charge >= 0.3 is 5.63 Å². The fourth-order valence-electron chi connectivity index (χ4n) is 3.29. The molecule has 0 fully saturated rings. The van der Waals surface area contributed by atoms with E-state index in [1.54, 1.807) is 13.0 Å². The van der Waals surface area contributed by atoms with Crippen molar-refractivity contribution in [1.29, 1.82) is 0 Å². The number of fused-ring (bicyclic) bond motifs is 3. The van der Waals surface area contributed by atoms with Crippen LogP contribution < -0.4 is 10.4 Å². The van der Waals surface area contributed by atoms with Crippen LogP contribution in [0.3, 0.4) is 0 Å². The van der Waals surface area contributed by atoms with Gasteiger partial charge in [0.2, 0.25) is 0 Å². The van der Waals surface area contributed by atoms with Gasteiger partial charge in [0, 0.05) is 11.5 Å². The van der Waals surface area contributed by atoms with E-state index in [2.05, 4.69) is 0 Å². The molecule has 2 aromatic rings. The first-order valence-corrected chi connectivity index (χ1v) is 7.56. The van der Waals surface area contributed by atoms with Crippen molar-refractivity contribution in [2.24, 2.45) is 0 Å². The van der Waals surface area contributed by atoms with Crippen LogP contribution in [-0.2, 0) is 0 Å². The summed E-state index contributed by atoms with van der Waals surface area (Å²) < 4.78 is 11.3. The number of rotatable bonds is 2. The van der Waals surface area contributed by atoms with Crippen LogP contribution >= 0.6 is 0 Å². The van der Waals surface area contributed by atoms with Gasteiger partial charge in [-0.05, 0) is 37.5 Å². The van der Waals surface area contributed by atoms with Crippen LogP contribution in [0, 0.1) is 6.92 Å². The number of hydrogen-bond acceptors (Lipinski definition) is 5. The highest BCUT2D eigenvalue weighted by Crippen LogP contribution is 2.45. The minimum Gasteiger partial charge on any atom is -0.484 e. The molecule has 1 aliphatic rings. The number of aryl methyl sites for hydroxylation is 1. The van der Waals surface area contributed by atoms with E-state index in [-0.39, 0.29) is 5.58 Å². The molecule has 0 spiro atoms. The molecule has 0 radical (unpaired) electrons. The van der Waals surface area contributed by atoms with Crippen molar-refractivity contribution in [2.75, 3.05) is 0 Å². The normalized spacial score (nSPS) is 23.1. The van der Waals surface area contributed by atoms with Crippen molar-refractivity contribution in [3.8, 4) is 5.75 Å². The van der Waals surface area contributed by atoms with Crippen molar-refractivity contribution < 1.29 is 19.4 Å². The largest absolute Gasteiger partial charge is 0.484 e. The highest BCUT2D eigenvalue weighted by Gasteiger charge is 2.47. The second kappa shape index (κ2) is 5.11. The van der Waals surface area contributed by atoms with Gasteiger partial charge in [-0.1, -0.05) is 13.8 Å². The maximum atomic E-state index is 11.7. The number of benzene rings is 1. The Morgan fingerprint density at radius 1 is 1.23 bits per heavy atom. The number of aliphatic hydroxyl groups excluding tert-OH is 2. The lowest BCUT2D eigenvalue weighted by molar-refractivity contribution is -0.132. The van der Waals surface area contributed by atoms with E-state index < -0.39 is 23.4 Å². The van der Waals surface area contributed by atoms with Gasteiger partial charge in [0.05, 0.1) is 5.56 Å². The second-order valence-corrected chi connectivity index (χ2v) is 5.87. The van der Waals surface area contributed by atoms with Crippen molar-refractivity contribution in [1.82, 2.24) is 0 Å². The lowest BCUT2D eigenvalue weighted by Gasteiger charge is -2.43. The lowest BCUT2D eigenvalue weighted by Crippen LogP contribution is -2.52. The van der Waals surface area contributed by atoms with E-state index in [0.717, 1.165) is 10.9 Å². The molecule has 5 heteroatoms. The average molecular weight is 304 g/mol. The third-order valence-electron chi connectivity index (χ3n) is 4.76. The quantitative estimate of drug-likeness (QED) is 0.833. The fraction of sp³-hybridized carbons (Fsp3) is 0.471. The summed E-state index contributed by atoms with van der Waals surface area (Å²) in [6.45, 7) is 5.63. The Morgan fingerprint density at radius 2 is 1.91 bits per heavy atom. The van der Waals surface area contributed by atoms with Crippen LogP contribution in [0.15, 0.2) is 27.4 Å². The van der Waals surface area contributed by atoms with Crippen LogP contribution in [0.5, 0.6) is 5.75 Å². The summed E-state index contributed by atoms with van der Waals surface area (Å²) >= 11 is 0. The van der Waals surface area contributed by atoms with Crippen LogP contribution in [0.25, 0.3) is 11.0 Å². The molecule has 0 saturated carbocycles. The lowest BCUT2D eigenvalue weighted by atomic mass is 9.81. The maximum Gasteiger partial charge on any atom is 0.336 e. The molecule has 0 unspecified atom stereocenters. The van der Waals surface area contributed by atoms with Crippen molar-refractivity contribution in [3.05, 3.63) is 39.7 Å². The maximum absolute atomic E-state index is 11.7. The standard InChI is InChI=1S/C17H20O5/c1-4-17(5-2)16(20)14(19)13-11(22-17)7-6-10-9(3)8-12(18)21-15(10)13/h6-8,14,16,19-20H,4-5H2,1-3H3/t14-,16-/m1/s1. The molecule has 3 rings (SSSR count). The van der Waals surface area contributed by atoms with E-state index in [1.165, 1.54) is 6.07 Å². The molecule has 118 valence electrons. The van der Waals surface area contributed by atoms with Gasteiger partial charge in [-0.2, -0.15) is 0 Å². The minimum absolute atomic E-state index is 0.287. The zero-order valence-corrected chi connectivity index (χ0v) is 12.9. The summed E-state index contributed by atoms with van der Waals surface area (Å²) in [5, 5.41) is 21.9. The van der Waals surface area contributed by atoms with Gasteiger partial charge in [-0.15, -0.1) is 0 Å². The van der Waals surface area contributed by atoms with Gasteiger partial charge in [-0.25, -0.2) is 4.79 Å². The molecule has 0 bridgehead atoms. The molecule has 1 aromatic carbocycles. The summed E-state index contributed by atoms with van der Waals surface area (Å²) in [6.07, 6.45) is -1.10. The van der Waals surface area contributed by atoms with Gasteiger partial charge in [0.1, 0.15) is 29.1 Å². The number of ether oxygens (including phenoxy) is 1. The summed E-state index contributed by atoms with van der Waals surface area (Å²) in [6, 6.07) is 4.98. The van der Waals surface area contributed by atoms with Crippen LogP contribution in [0.2, 0.25) is 0 Å². The van der Waals surface area contributed by atoms with E-state index >= 15 is 0 Å². The first-order valence-electron chi connectivity index (χ1n) is 7.56. The van der Waals surface area contributed by atoms with E-state index in [9.17, 15) is 15.0 Å². The Bertz CT molecular complexity index is 772. The molecule has 2 heterocycles. The molecule has 1 aliphatic heterocycles. The zero-order valence-electron chi connectivity index (χ0n) is 12.9. The average Bonchev–Trinajstić information content (AvgIpc) is 2.50. The van der Waals surface area contributed by atoms with Crippen molar-refractivity contribution in [2.45, 2.75) is 51.4 Å². The Hall–Kier alpha value is -1.85. The molecule has 2 atom stereocenters. The molecular weight excluding hydrogens is 284 g/mol. The van der Waals surface area contributed by atoms with Crippen LogP contribution in [0.4, 0.5) is 0 Å². The molecular formula is C17H20O5. The predicted molar refractivity (Wildman–Crippen MR) is 82.1 cm³/mol. The van der Waals surface area contributed by atoms with Crippen LogP contribution in [-0.4, -0.2) is 21.9 Å². The molecule has 0 saturated heterocycles. The molecule has 2 N–H and O–H groups in total. The number of aliphatic hydroxyl groups is 2. The first kappa shape index (κ1) is 15.1. The molecule has 5 nitrogen and oxygen atoms in total. The third-order valence-corrected chi connectivity index (χ3v) is 4.76. The van der Waals surface area contributed by atoms with Gasteiger partial charge in [0.15, 0.2) is 0 Å². The van der Waals surface area contributed by atoms with Gasteiger partial charge in [0.25, 0.3) is 0 Å². The predicted octanol–water partition coefficient (Wildman–Crippen LogP) is 2.45. The molecule has 0 aliphatic carbocycles. The Morgan fingerprint density at radius 3 is 2.55 bits per heavy atom. The first-order chi connectivity index (χ1) is 10.4. The monoisotopic (exact) mass is 304 g/mol. The van der Waals surface area contributed by atoms with E-state index in [1.807, 2.05) is 19.9 Å². The SMILES string of the molecule is CCC1(CC)Oc2ccc3c(C)cc(=O)oc3c2[C@@H](O)[C@H]1O. The Balaban J connectivity index is 2.31. The topological polar surface area (TPSA) is 79.9 Å². The Labute approximate surface area is 128 Å². The van der Waals surface area contributed by atoms with Crippen molar-refractivity contribution in [3.63, 3.8) is 0 Å². The Kier molecular flexibility index (Phi) is 3.50. The van der Waals surface area contributed by atoms with Gasteiger partial charge < -0.3 is 19.4 Å².